The van der Waals surface area contributed by atoms with Crippen molar-refractivity contribution in [2.45, 2.75) is 0 Å². The lowest BCUT2D eigenvalue weighted by Gasteiger charge is -2.10. The van der Waals surface area contributed by atoms with Crippen LogP contribution in [0.1, 0.15) is 10.4 Å². The molecular formula is C13H7BrCl2FNO. The van der Waals surface area contributed by atoms with Crippen LogP contribution in [0.15, 0.2) is 40.9 Å². The van der Waals surface area contributed by atoms with Crippen molar-refractivity contribution in [1.29, 1.82) is 0 Å². The second kappa shape index (κ2) is 5.90. The highest BCUT2D eigenvalue weighted by molar-refractivity contribution is 9.10. The molecule has 0 radical (unpaired) electrons. The Hall–Kier alpha value is -1.10. The number of hydrogen-bond acceptors (Lipinski definition) is 1. The molecule has 2 aromatic rings. The van der Waals surface area contributed by atoms with Gasteiger partial charge < -0.3 is 5.32 Å². The third kappa shape index (κ3) is 3.26. The van der Waals surface area contributed by atoms with Crippen molar-refractivity contribution in [1.82, 2.24) is 0 Å². The average Bonchev–Trinajstić information content (AvgIpc) is 2.34. The predicted octanol–water partition coefficient (Wildman–Crippen LogP) is 5.15. The summed E-state index contributed by atoms with van der Waals surface area (Å²) in [6.07, 6.45) is 0. The van der Waals surface area contributed by atoms with Gasteiger partial charge in [0.25, 0.3) is 5.91 Å². The Bertz CT molecular complexity index is 625. The predicted molar refractivity (Wildman–Crippen MR) is 78.5 cm³/mol. The molecule has 0 aliphatic rings. The summed E-state index contributed by atoms with van der Waals surface area (Å²) in [7, 11) is 0. The quantitative estimate of drug-likeness (QED) is 0.786. The Morgan fingerprint density at radius 1 is 1.16 bits per heavy atom. The summed E-state index contributed by atoms with van der Waals surface area (Å²) in [6.45, 7) is 0. The molecular weight excluding hydrogens is 356 g/mol. The molecule has 0 bridgehead atoms. The first-order valence-corrected chi connectivity index (χ1v) is 6.74. The third-order valence-electron chi connectivity index (χ3n) is 2.36. The van der Waals surface area contributed by atoms with Gasteiger partial charge in [-0.2, -0.15) is 0 Å². The van der Waals surface area contributed by atoms with E-state index < -0.39 is 5.82 Å². The van der Waals surface area contributed by atoms with Crippen LogP contribution in [-0.4, -0.2) is 5.91 Å². The van der Waals surface area contributed by atoms with Gasteiger partial charge in [0.15, 0.2) is 0 Å². The van der Waals surface area contributed by atoms with Crippen LogP contribution >= 0.6 is 39.1 Å². The van der Waals surface area contributed by atoms with E-state index in [2.05, 4.69) is 21.2 Å². The molecule has 0 aromatic heterocycles. The van der Waals surface area contributed by atoms with E-state index in [1.165, 1.54) is 0 Å². The van der Waals surface area contributed by atoms with Gasteiger partial charge in [0.2, 0.25) is 0 Å². The molecule has 0 spiro atoms. The summed E-state index contributed by atoms with van der Waals surface area (Å²) < 4.78 is 13.7. The average molecular weight is 363 g/mol. The summed E-state index contributed by atoms with van der Waals surface area (Å²) in [5.41, 5.74) is 0.615. The van der Waals surface area contributed by atoms with Crippen LogP contribution in [0.5, 0.6) is 0 Å². The van der Waals surface area contributed by atoms with Crippen LogP contribution in [0.25, 0.3) is 0 Å². The minimum Gasteiger partial charge on any atom is -0.319 e. The molecule has 1 N–H and O–H groups in total. The Labute approximate surface area is 127 Å². The van der Waals surface area contributed by atoms with Gasteiger partial charge in [0, 0.05) is 4.47 Å². The van der Waals surface area contributed by atoms with Crippen LogP contribution in [0.3, 0.4) is 0 Å². The van der Waals surface area contributed by atoms with Crippen LogP contribution < -0.4 is 5.32 Å². The van der Waals surface area contributed by atoms with E-state index in [4.69, 9.17) is 23.2 Å². The van der Waals surface area contributed by atoms with Crippen LogP contribution in [0.2, 0.25) is 10.0 Å². The zero-order chi connectivity index (χ0) is 14.0. The SMILES string of the molecule is O=C(Nc1c(Cl)cc(F)cc1Cl)c1ccccc1Br. The fourth-order valence-corrected chi connectivity index (χ4v) is 2.51. The molecule has 0 aliphatic carbocycles. The van der Waals surface area contributed by atoms with E-state index in [9.17, 15) is 9.18 Å². The molecule has 0 atom stereocenters. The second-order valence-electron chi connectivity index (χ2n) is 3.68. The molecule has 0 unspecified atom stereocenters. The standard InChI is InChI=1S/C13H7BrCl2FNO/c14-9-4-2-1-3-8(9)13(19)18-12-10(15)5-7(17)6-11(12)16/h1-6H,(H,18,19). The van der Waals surface area contributed by atoms with Gasteiger partial charge in [-0.25, -0.2) is 4.39 Å². The smallest absolute Gasteiger partial charge is 0.256 e. The number of carbonyl (C=O) groups is 1. The fraction of sp³-hybridized carbons (Fsp3) is 0. The number of rotatable bonds is 2. The van der Waals surface area contributed by atoms with Crippen LogP contribution in [-0.2, 0) is 0 Å². The molecule has 0 saturated carbocycles. The second-order valence-corrected chi connectivity index (χ2v) is 5.35. The maximum Gasteiger partial charge on any atom is 0.256 e. The minimum absolute atomic E-state index is 0.0467. The molecule has 2 nitrogen and oxygen atoms in total. The number of hydrogen-bond donors (Lipinski definition) is 1. The zero-order valence-electron chi connectivity index (χ0n) is 9.38. The monoisotopic (exact) mass is 361 g/mol. The Morgan fingerprint density at radius 3 is 2.32 bits per heavy atom. The number of benzene rings is 2. The van der Waals surface area contributed by atoms with Gasteiger partial charge >= 0.3 is 0 Å². The molecule has 0 heterocycles. The van der Waals surface area contributed by atoms with E-state index in [0.29, 0.717) is 10.0 Å². The first-order valence-electron chi connectivity index (χ1n) is 5.19. The van der Waals surface area contributed by atoms with Crippen molar-refractivity contribution < 1.29 is 9.18 Å². The van der Waals surface area contributed by atoms with Gasteiger partial charge in [-0.05, 0) is 40.2 Å². The lowest BCUT2D eigenvalue weighted by atomic mass is 10.2. The number of anilines is 1. The topological polar surface area (TPSA) is 29.1 Å². The number of carbonyl (C=O) groups excluding carboxylic acids is 1. The molecule has 0 fully saturated rings. The number of nitrogens with one attached hydrogen (secondary N) is 1. The van der Waals surface area contributed by atoms with Crippen LogP contribution in [0, 0.1) is 5.82 Å². The maximum absolute atomic E-state index is 13.0. The van der Waals surface area contributed by atoms with Crippen molar-refractivity contribution in [2.24, 2.45) is 0 Å². The van der Waals surface area contributed by atoms with Gasteiger partial charge in [0.1, 0.15) is 5.82 Å². The van der Waals surface area contributed by atoms with Crippen molar-refractivity contribution in [2.75, 3.05) is 5.32 Å². The lowest BCUT2D eigenvalue weighted by molar-refractivity contribution is 0.102. The van der Waals surface area contributed by atoms with E-state index >= 15 is 0 Å². The van der Waals surface area contributed by atoms with Crippen molar-refractivity contribution in [3.05, 3.63) is 62.3 Å². The molecule has 2 aromatic carbocycles. The van der Waals surface area contributed by atoms with Gasteiger partial charge in [-0.3, -0.25) is 4.79 Å². The van der Waals surface area contributed by atoms with Crippen LogP contribution in [0.4, 0.5) is 10.1 Å². The highest BCUT2D eigenvalue weighted by atomic mass is 79.9. The highest BCUT2D eigenvalue weighted by Gasteiger charge is 2.14. The minimum atomic E-state index is -0.561. The van der Waals surface area contributed by atoms with E-state index in [-0.39, 0.29) is 21.6 Å². The third-order valence-corrected chi connectivity index (χ3v) is 3.65. The molecule has 98 valence electrons. The summed E-state index contributed by atoms with van der Waals surface area (Å²) in [4.78, 5) is 12.1. The largest absolute Gasteiger partial charge is 0.319 e. The molecule has 1 amide bonds. The molecule has 2 rings (SSSR count). The van der Waals surface area contributed by atoms with Crippen molar-refractivity contribution in [3.63, 3.8) is 0 Å². The maximum atomic E-state index is 13.0. The Kier molecular flexibility index (Phi) is 4.45. The number of halogens is 4. The summed E-state index contributed by atoms with van der Waals surface area (Å²) in [5.74, 6) is -0.947. The van der Waals surface area contributed by atoms with E-state index in [1.807, 2.05) is 0 Å². The molecule has 19 heavy (non-hydrogen) atoms. The fourth-order valence-electron chi connectivity index (χ4n) is 1.49. The normalized spacial score (nSPS) is 10.3. The zero-order valence-corrected chi connectivity index (χ0v) is 12.5. The summed E-state index contributed by atoms with van der Waals surface area (Å²) in [5, 5.41) is 2.66. The molecule has 6 heteroatoms. The van der Waals surface area contributed by atoms with Gasteiger partial charge in [0.05, 0.1) is 21.3 Å². The molecule has 0 saturated heterocycles. The lowest BCUT2D eigenvalue weighted by Crippen LogP contribution is -2.13. The Morgan fingerprint density at radius 2 is 1.74 bits per heavy atom. The van der Waals surface area contributed by atoms with Gasteiger partial charge in [-0.1, -0.05) is 35.3 Å². The van der Waals surface area contributed by atoms with Crippen molar-refractivity contribution in [3.8, 4) is 0 Å². The molecule has 0 aliphatic heterocycles. The Balaban J connectivity index is 2.32. The van der Waals surface area contributed by atoms with Gasteiger partial charge in [-0.15, -0.1) is 0 Å². The first kappa shape index (κ1) is 14.3. The summed E-state index contributed by atoms with van der Waals surface area (Å²) in [6, 6.07) is 9.08. The summed E-state index contributed by atoms with van der Waals surface area (Å²) >= 11 is 15.0. The van der Waals surface area contributed by atoms with E-state index in [0.717, 1.165) is 12.1 Å². The van der Waals surface area contributed by atoms with E-state index in [1.54, 1.807) is 24.3 Å². The number of amides is 1. The van der Waals surface area contributed by atoms with Crippen molar-refractivity contribution >= 4 is 50.7 Å². The highest BCUT2D eigenvalue weighted by Crippen LogP contribution is 2.32. The first-order chi connectivity index (χ1) is 8.99.